The summed E-state index contributed by atoms with van der Waals surface area (Å²) in [5.41, 5.74) is 3.65. The Labute approximate surface area is 125 Å². The Balaban J connectivity index is 1.75. The lowest BCUT2D eigenvalue weighted by atomic mass is 10.2. The second-order valence-corrected chi connectivity index (χ2v) is 5.45. The van der Waals surface area contributed by atoms with Crippen LogP contribution in [0.4, 0.5) is 11.4 Å². The molecule has 1 atom stereocenters. The first kappa shape index (κ1) is 12.5. The number of benzene rings is 2. The molecule has 3 nitrogen and oxygen atoms in total. The quantitative estimate of drug-likeness (QED) is 0.838. The van der Waals surface area contributed by atoms with Crippen molar-refractivity contribution in [3.05, 3.63) is 66.2 Å². The molecule has 2 heterocycles. The van der Waals surface area contributed by atoms with E-state index in [9.17, 15) is 0 Å². The number of fused-ring (bicyclic) bond motifs is 3. The van der Waals surface area contributed by atoms with Gasteiger partial charge in [0.15, 0.2) is 0 Å². The topological polar surface area (TPSA) is 15.7 Å². The number of anilines is 2. The van der Waals surface area contributed by atoms with Gasteiger partial charge in [0.1, 0.15) is 0 Å². The molecule has 21 heavy (non-hydrogen) atoms. The summed E-state index contributed by atoms with van der Waals surface area (Å²) in [6, 6.07) is 18.8. The highest BCUT2D eigenvalue weighted by Gasteiger charge is 2.50. The Bertz CT molecular complexity index is 683. The molecule has 0 amide bonds. The van der Waals surface area contributed by atoms with Gasteiger partial charge in [0.2, 0.25) is 5.85 Å². The average molecular weight is 278 g/mol. The van der Waals surface area contributed by atoms with E-state index in [2.05, 4.69) is 77.5 Å². The maximum atomic E-state index is 6.15. The molecule has 0 bridgehead atoms. The van der Waals surface area contributed by atoms with E-state index in [-0.39, 0.29) is 0 Å². The zero-order valence-electron chi connectivity index (χ0n) is 12.1. The summed E-state index contributed by atoms with van der Waals surface area (Å²) in [4.78, 5) is 4.55. The van der Waals surface area contributed by atoms with Crippen molar-refractivity contribution in [2.45, 2.75) is 5.85 Å². The smallest absolute Gasteiger partial charge is 0.242 e. The number of para-hydroxylation sites is 2. The van der Waals surface area contributed by atoms with Gasteiger partial charge in [0, 0.05) is 13.6 Å². The fourth-order valence-corrected chi connectivity index (χ4v) is 3.26. The summed E-state index contributed by atoms with van der Waals surface area (Å²) in [6.45, 7) is 1.66. The number of hydrogen-bond acceptors (Lipinski definition) is 3. The van der Waals surface area contributed by atoms with Crippen molar-refractivity contribution in [1.29, 1.82) is 0 Å². The second-order valence-electron chi connectivity index (χ2n) is 5.45. The molecule has 1 saturated heterocycles. The highest BCUT2D eigenvalue weighted by Crippen LogP contribution is 2.47. The van der Waals surface area contributed by atoms with Crippen molar-refractivity contribution in [3.8, 4) is 0 Å². The van der Waals surface area contributed by atoms with Gasteiger partial charge >= 0.3 is 0 Å². The Morgan fingerprint density at radius 3 is 2.52 bits per heavy atom. The molecule has 2 aromatic rings. The molecule has 2 aliphatic heterocycles. The zero-order chi connectivity index (χ0) is 14.3. The SMILES string of the molecule is CN1c2ccccc2N2CCOC12/C=C/c1ccccc1. The fraction of sp³-hybridized carbons (Fsp3) is 0.222. The number of ether oxygens (including phenoxy) is 1. The van der Waals surface area contributed by atoms with Crippen molar-refractivity contribution in [2.75, 3.05) is 30.0 Å². The van der Waals surface area contributed by atoms with Crippen molar-refractivity contribution in [2.24, 2.45) is 0 Å². The summed E-state index contributed by atoms with van der Waals surface area (Å²) in [6.07, 6.45) is 4.30. The average Bonchev–Trinajstić information content (AvgIpc) is 3.06. The van der Waals surface area contributed by atoms with Crippen LogP contribution in [0.5, 0.6) is 0 Å². The summed E-state index contributed by atoms with van der Waals surface area (Å²) < 4.78 is 6.15. The minimum absolute atomic E-state index is 0.487. The Morgan fingerprint density at radius 2 is 1.71 bits per heavy atom. The number of hydrogen-bond donors (Lipinski definition) is 0. The van der Waals surface area contributed by atoms with E-state index in [0.29, 0.717) is 0 Å². The van der Waals surface area contributed by atoms with E-state index in [1.807, 2.05) is 6.07 Å². The van der Waals surface area contributed by atoms with Gasteiger partial charge in [-0.05, 0) is 23.8 Å². The van der Waals surface area contributed by atoms with E-state index in [4.69, 9.17) is 4.74 Å². The number of nitrogens with zero attached hydrogens (tertiary/aromatic N) is 2. The van der Waals surface area contributed by atoms with Crippen LogP contribution in [-0.2, 0) is 4.74 Å². The van der Waals surface area contributed by atoms with Gasteiger partial charge in [0.05, 0.1) is 18.0 Å². The van der Waals surface area contributed by atoms with Crippen molar-refractivity contribution in [1.82, 2.24) is 0 Å². The largest absolute Gasteiger partial charge is 0.333 e. The van der Waals surface area contributed by atoms with E-state index in [1.165, 1.54) is 16.9 Å². The highest BCUT2D eigenvalue weighted by atomic mass is 16.5. The standard InChI is InChI=1S/C18H18N2O/c1-19-16-9-5-6-10-17(16)20-13-14-21-18(19,20)12-11-15-7-3-2-4-8-15/h2-12H,13-14H2,1H3/b12-11+. The van der Waals surface area contributed by atoms with Crippen LogP contribution in [-0.4, -0.2) is 26.0 Å². The molecule has 2 aliphatic rings. The van der Waals surface area contributed by atoms with E-state index >= 15 is 0 Å². The molecule has 0 aliphatic carbocycles. The van der Waals surface area contributed by atoms with Gasteiger partial charge in [-0.15, -0.1) is 0 Å². The van der Waals surface area contributed by atoms with Crippen LogP contribution in [0.3, 0.4) is 0 Å². The van der Waals surface area contributed by atoms with Crippen LogP contribution in [0, 0.1) is 0 Å². The van der Waals surface area contributed by atoms with Crippen LogP contribution >= 0.6 is 0 Å². The molecule has 2 aromatic carbocycles. The summed E-state index contributed by atoms with van der Waals surface area (Å²) in [5, 5.41) is 0. The first-order valence-corrected chi connectivity index (χ1v) is 7.30. The summed E-state index contributed by atoms with van der Waals surface area (Å²) in [7, 11) is 2.10. The van der Waals surface area contributed by atoms with E-state index in [1.54, 1.807) is 0 Å². The minimum atomic E-state index is -0.487. The Hall–Kier alpha value is -2.26. The lowest BCUT2D eigenvalue weighted by Crippen LogP contribution is -2.51. The Kier molecular flexibility index (Phi) is 2.76. The third-order valence-corrected chi connectivity index (χ3v) is 4.32. The summed E-state index contributed by atoms with van der Waals surface area (Å²) in [5.74, 6) is -0.487. The third kappa shape index (κ3) is 1.78. The van der Waals surface area contributed by atoms with Gasteiger partial charge in [-0.3, -0.25) is 0 Å². The van der Waals surface area contributed by atoms with Gasteiger partial charge in [-0.2, -0.15) is 0 Å². The molecule has 0 radical (unpaired) electrons. The maximum Gasteiger partial charge on any atom is 0.242 e. The molecular weight excluding hydrogens is 260 g/mol. The lowest BCUT2D eigenvalue weighted by Gasteiger charge is -2.35. The van der Waals surface area contributed by atoms with Crippen molar-refractivity contribution >= 4 is 17.5 Å². The second kappa shape index (κ2) is 4.64. The maximum absolute atomic E-state index is 6.15. The molecule has 0 saturated carbocycles. The van der Waals surface area contributed by atoms with E-state index < -0.39 is 5.85 Å². The number of likely N-dealkylation sites (N-methyl/N-ethyl adjacent to an activating group) is 1. The molecule has 0 spiro atoms. The minimum Gasteiger partial charge on any atom is -0.333 e. The summed E-state index contributed by atoms with van der Waals surface area (Å²) >= 11 is 0. The molecule has 1 fully saturated rings. The van der Waals surface area contributed by atoms with Crippen LogP contribution in [0.25, 0.3) is 6.08 Å². The Morgan fingerprint density at radius 1 is 1.00 bits per heavy atom. The van der Waals surface area contributed by atoms with Gasteiger partial charge in [0.25, 0.3) is 0 Å². The van der Waals surface area contributed by atoms with Crippen LogP contribution < -0.4 is 9.80 Å². The normalized spacial score (nSPS) is 23.7. The first-order valence-electron chi connectivity index (χ1n) is 7.30. The third-order valence-electron chi connectivity index (χ3n) is 4.32. The molecule has 106 valence electrons. The molecule has 1 unspecified atom stereocenters. The van der Waals surface area contributed by atoms with Crippen LogP contribution in [0.1, 0.15) is 5.56 Å². The van der Waals surface area contributed by atoms with Crippen LogP contribution in [0.15, 0.2) is 60.7 Å². The van der Waals surface area contributed by atoms with Crippen LogP contribution in [0.2, 0.25) is 0 Å². The zero-order valence-corrected chi connectivity index (χ0v) is 12.1. The monoisotopic (exact) mass is 278 g/mol. The van der Waals surface area contributed by atoms with Crippen molar-refractivity contribution < 1.29 is 4.74 Å². The number of rotatable bonds is 2. The predicted molar refractivity (Wildman–Crippen MR) is 86.4 cm³/mol. The molecule has 4 rings (SSSR count). The highest BCUT2D eigenvalue weighted by molar-refractivity contribution is 5.80. The van der Waals surface area contributed by atoms with Gasteiger partial charge in [-0.25, -0.2) is 0 Å². The molecule has 0 aromatic heterocycles. The molecule has 3 heteroatoms. The van der Waals surface area contributed by atoms with Gasteiger partial charge < -0.3 is 14.5 Å². The van der Waals surface area contributed by atoms with Crippen molar-refractivity contribution in [3.63, 3.8) is 0 Å². The molecule has 0 N–H and O–H groups in total. The lowest BCUT2D eigenvalue weighted by molar-refractivity contribution is 0.0536. The predicted octanol–water partition coefficient (Wildman–Crippen LogP) is 3.34. The first-order chi connectivity index (χ1) is 10.3. The van der Waals surface area contributed by atoms with Gasteiger partial charge in [-0.1, -0.05) is 48.5 Å². The molecular formula is C18H18N2O. The van der Waals surface area contributed by atoms with E-state index in [0.717, 1.165) is 13.2 Å². The fourth-order valence-electron chi connectivity index (χ4n) is 3.26.